The van der Waals surface area contributed by atoms with Crippen LogP contribution in [0, 0.1) is 16.7 Å². The van der Waals surface area contributed by atoms with E-state index in [0.29, 0.717) is 0 Å². The number of nitrogens with zero attached hydrogens (tertiary/aromatic N) is 1. The molecule has 0 heterocycles. The van der Waals surface area contributed by atoms with E-state index < -0.39 is 5.54 Å². The van der Waals surface area contributed by atoms with Crippen LogP contribution in [0.15, 0.2) is 0 Å². The van der Waals surface area contributed by atoms with Crippen molar-refractivity contribution in [3.63, 3.8) is 0 Å². The Hall–Kier alpha value is -0.590. The van der Waals surface area contributed by atoms with Crippen molar-refractivity contribution < 1.29 is 5.11 Å². The van der Waals surface area contributed by atoms with Crippen LogP contribution in [-0.2, 0) is 0 Å². The Labute approximate surface area is 86.1 Å². The predicted octanol–water partition coefficient (Wildman–Crippen LogP) is 1.43. The van der Waals surface area contributed by atoms with Crippen molar-refractivity contribution in [3.8, 4) is 6.07 Å². The first-order valence-electron chi connectivity index (χ1n) is 5.23. The molecule has 0 spiro atoms. The van der Waals surface area contributed by atoms with Gasteiger partial charge >= 0.3 is 0 Å². The molecule has 3 heteroatoms. The van der Waals surface area contributed by atoms with Gasteiger partial charge in [-0.2, -0.15) is 5.26 Å². The molecule has 0 bridgehead atoms. The Morgan fingerprint density at radius 3 is 2.79 bits per heavy atom. The monoisotopic (exact) mass is 196 g/mol. The molecule has 2 N–H and O–H groups in total. The van der Waals surface area contributed by atoms with Gasteiger partial charge < -0.3 is 5.11 Å². The average Bonchev–Trinajstić information content (AvgIpc) is 2.48. The molecule has 2 atom stereocenters. The average molecular weight is 196 g/mol. The summed E-state index contributed by atoms with van der Waals surface area (Å²) in [6.45, 7) is 6.05. The number of rotatable bonds is 3. The van der Waals surface area contributed by atoms with E-state index in [-0.39, 0.29) is 18.1 Å². The standard InChI is InChI=1S/C11H20N2O/c1-10(2,7-12)13-9-5-4-6-11(9,3)8-14/h9,13-14H,4-6,8H2,1-3H3. The minimum atomic E-state index is -0.495. The molecule has 2 unspecified atom stereocenters. The minimum absolute atomic E-state index is 0.0475. The molecule has 1 rings (SSSR count). The number of hydrogen-bond acceptors (Lipinski definition) is 3. The van der Waals surface area contributed by atoms with Crippen LogP contribution in [0.3, 0.4) is 0 Å². The lowest BCUT2D eigenvalue weighted by Crippen LogP contribution is -2.51. The molecule has 14 heavy (non-hydrogen) atoms. The highest BCUT2D eigenvalue weighted by atomic mass is 16.3. The van der Waals surface area contributed by atoms with E-state index >= 15 is 0 Å². The fourth-order valence-corrected chi connectivity index (χ4v) is 2.14. The summed E-state index contributed by atoms with van der Waals surface area (Å²) in [7, 11) is 0. The zero-order valence-electron chi connectivity index (χ0n) is 9.30. The van der Waals surface area contributed by atoms with E-state index in [1.54, 1.807) is 0 Å². The quantitative estimate of drug-likeness (QED) is 0.718. The van der Waals surface area contributed by atoms with Crippen LogP contribution < -0.4 is 5.32 Å². The van der Waals surface area contributed by atoms with Crippen molar-refractivity contribution >= 4 is 0 Å². The molecule has 0 amide bonds. The van der Waals surface area contributed by atoms with Gasteiger partial charge in [-0.25, -0.2) is 0 Å². The summed E-state index contributed by atoms with van der Waals surface area (Å²) in [5, 5.41) is 21.6. The highest BCUT2D eigenvalue weighted by molar-refractivity contribution is 5.05. The fourth-order valence-electron chi connectivity index (χ4n) is 2.14. The Morgan fingerprint density at radius 2 is 2.29 bits per heavy atom. The first-order valence-corrected chi connectivity index (χ1v) is 5.23. The molecular formula is C11H20N2O. The van der Waals surface area contributed by atoms with Gasteiger partial charge in [-0.15, -0.1) is 0 Å². The summed E-state index contributed by atoms with van der Waals surface area (Å²) in [4.78, 5) is 0. The largest absolute Gasteiger partial charge is 0.396 e. The second kappa shape index (κ2) is 3.88. The van der Waals surface area contributed by atoms with Gasteiger partial charge in [0.15, 0.2) is 0 Å². The predicted molar refractivity (Wildman–Crippen MR) is 55.7 cm³/mol. The molecule has 0 saturated heterocycles. The maximum atomic E-state index is 9.34. The van der Waals surface area contributed by atoms with E-state index in [2.05, 4.69) is 18.3 Å². The van der Waals surface area contributed by atoms with Gasteiger partial charge in [-0.1, -0.05) is 13.3 Å². The van der Waals surface area contributed by atoms with Gasteiger partial charge in [0.05, 0.1) is 6.07 Å². The number of nitriles is 1. The molecule has 0 aliphatic heterocycles. The lowest BCUT2D eigenvalue weighted by atomic mass is 9.84. The molecule has 1 aliphatic carbocycles. The Bertz CT molecular complexity index is 244. The maximum Gasteiger partial charge on any atom is 0.101 e. The molecule has 1 fully saturated rings. The van der Waals surface area contributed by atoms with Crippen LogP contribution in [0.25, 0.3) is 0 Å². The van der Waals surface area contributed by atoms with Crippen LogP contribution >= 0.6 is 0 Å². The summed E-state index contributed by atoms with van der Waals surface area (Å²) in [6, 6.07) is 2.50. The van der Waals surface area contributed by atoms with E-state index in [4.69, 9.17) is 5.26 Å². The topological polar surface area (TPSA) is 56.0 Å². The molecule has 1 aliphatic rings. The number of aliphatic hydroxyl groups is 1. The third-order valence-corrected chi connectivity index (χ3v) is 3.26. The van der Waals surface area contributed by atoms with Crippen LogP contribution in [0.5, 0.6) is 0 Å². The SMILES string of the molecule is CC(C)(C#N)NC1CCCC1(C)CO. The normalized spacial score (nSPS) is 32.9. The molecule has 0 radical (unpaired) electrons. The van der Waals surface area contributed by atoms with Crippen molar-refractivity contribution in [1.82, 2.24) is 5.32 Å². The number of nitrogens with one attached hydrogen (secondary N) is 1. The molecular weight excluding hydrogens is 176 g/mol. The van der Waals surface area contributed by atoms with Gasteiger partial charge in [0.25, 0.3) is 0 Å². The van der Waals surface area contributed by atoms with Crippen molar-refractivity contribution in [2.45, 2.75) is 51.6 Å². The fraction of sp³-hybridized carbons (Fsp3) is 0.909. The van der Waals surface area contributed by atoms with Crippen LogP contribution in [0.2, 0.25) is 0 Å². The summed E-state index contributed by atoms with van der Waals surface area (Å²) in [6.07, 6.45) is 3.24. The molecule has 80 valence electrons. The minimum Gasteiger partial charge on any atom is -0.396 e. The van der Waals surface area contributed by atoms with Gasteiger partial charge in [0.2, 0.25) is 0 Å². The summed E-state index contributed by atoms with van der Waals surface area (Å²) in [5.41, 5.74) is -0.542. The van der Waals surface area contributed by atoms with Crippen LogP contribution in [0.4, 0.5) is 0 Å². The van der Waals surface area contributed by atoms with Crippen molar-refractivity contribution in [1.29, 1.82) is 5.26 Å². The Morgan fingerprint density at radius 1 is 1.64 bits per heavy atom. The lowest BCUT2D eigenvalue weighted by molar-refractivity contribution is 0.110. The van der Waals surface area contributed by atoms with E-state index in [9.17, 15) is 5.11 Å². The molecule has 1 saturated carbocycles. The van der Waals surface area contributed by atoms with Crippen molar-refractivity contribution in [3.05, 3.63) is 0 Å². The first kappa shape index (κ1) is 11.5. The van der Waals surface area contributed by atoms with Gasteiger partial charge in [-0.3, -0.25) is 5.32 Å². The zero-order chi connectivity index (χ0) is 10.8. The van der Waals surface area contributed by atoms with E-state index in [1.165, 1.54) is 0 Å². The van der Waals surface area contributed by atoms with Gasteiger partial charge in [0.1, 0.15) is 5.54 Å². The Kier molecular flexibility index (Phi) is 3.18. The third kappa shape index (κ3) is 2.26. The smallest absolute Gasteiger partial charge is 0.101 e. The first-order chi connectivity index (χ1) is 6.43. The zero-order valence-corrected chi connectivity index (χ0v) is 9.30. The summed E-state index contributed by atoms with van der Waals surface area (Å²) >= 11 is 0. The third-order valence-electron chi connectivity index (χ3n) is 3.26. The lowest BCUT2D eigenvalue weighted by Gasteiger charge is -2.34. The highest BCUT2D eigenvalue weighted by Gasteiger charge is 2.40. The summed E-state index contributed by atoms with van der Waals surface area (Å²) < 4.78 is 0. The van der Waals surface area contributed by atoms with E-state index in [1.807, 2.05) is 13.8 Å². The molecule has 0 aromatic heterocycles. The Balaban J connectivity index is 2.66. The van der Waals surface area contributed by atoms with E-state index in [0.717, 1.165) is 19.3 Å². The van der Waals surface area contributed by atoms with Crippen molar-refractivity contribution in [2.75, 3.05) is 6.61 Å². The van der Waals surface area contributed by atoms with Gasteiger partial charge in [-0.05, 0) is 26.7 Å². The van der Waals surface area contributed by atoms with Gasteiger partial charge in [0, 0.05) is 18.1 Å². The highest BCUT2D eigenvalue weighted by Crippen LogP contribution is 2.38. The van der Waals surface area contributed by atoms with Crippen LogP contribution in [0.1, 0.15) is 40.0 Å². The maximum absolute atomic E-state index is 9.34. The molecule has 3 nitrogen and oxygen atoms in total. The molecule has 0 aromatic rings. The van der Waals surface area contributed by atoms with Crippen LogP contribution in [-0.4, -0.2) is 23.3 Å². The molecule has 0 aromatic carbocycles. The number of aliphatic hydroxyl groups excluding tert-OH is 1. The second-order valence-corrected chi connectivity index (χ2v) is 5.14. The second-order valence-electron chi connectivity index (χ2n) is 5.14. The number of hydrogen-bond donors (Lipinski definition) is 2. The summed E-state index contributed by atoms with van der Waals surface area (Å²) in [5.74, 6) is 0. The van der Waals surface area contributed by atoms with Crippen molar-refractivity contribution in [2.24, 2.45) is 5.41 Å².